The smallest absolute Gasteiger partial charge is 0.0305 e. The summed E-state index contributed by atoms with van der Waals surface area (Å²) in [6.07, 6.45) is 2.40. The monoisotopic (exact) mass is 224 g/mol. The van der Waals surface area contributed by atoms with E-state index in [1.54, 1.807) is 0 Å². The molecule has 1 rings (SSSR count). The SMILES string of the molecule is CC.CC.CCC.CCc1ccccc1C. The summed E-state index contributed by atoms with van der Waals surface area (Å²) in [6.45, 7) is 16.6. The fourth-order valence-electron chi connectivity index (χ4n) is 1.01. The van der Waals surface area contributed by atoms with Crippen LogP contribution in [0, 0.1) is 6.92 Å². The van der Waals surface area contributed by atoms with Crippen LogP contribution in [0.3, 0.4) is 0 Å². The molecule has 0 atom stereocenters. The molecule has 0 spiro atoms. The largest absolute Gasteiger partial charge is 0.0683 e. The van der Waals surface area contributed by atoms with Crippen molar-refractivity contribution in [2.24, 2.45) is 0 Å². The minimum atomic E-state index is 1.15. The Morgan fingerprint density at radius 2 is 1.19 bits per heavy atom. The third kappa shape index (κ3) is 13.2. The maximum absolute atomic E-state index is 2.18. The average Bonchev–Trinajstić information content (AvgIpc) is 2.36. The predicted octanol–water partition coefficient (Wildman–Crippen LogP) is 6.03. The summed E-state index contributed by atoms with van der Waals surface area (Å²) < 4.78 is 0. The van der Waals surface area contributed by atoms with Crippen LogP contribution < -0.4 is 0 Å². The van der Waals surface area contributed by atoms with Gasteiger partial charge in [0.15, 0.2) is 0 Å². The lowest BCUT2D eigenvalue weighted by molar-refractivity contribution is 1.09. The molecule has 0 saturated carbocycles. The van der Waals surface area contributed by atoms with Crippen LogP contribution in [0.2, 0.25) is 0 Å². The maximum atomic E-state index is 2.18. The van der Waals surface area contributed by atoms with Gasteiger partial charge in [-0.15, -0.1) is 0 Å². The Hall–Kier alpha value is -0.780. The maximum Gasteiger partial charge on any atom is -0.0305 e. The second-order valence-electron chi connectivity index (χ2n) is 2.99. The zero-order valence-corrected chi connectivity index (χ0v) is 12.7. The fraction of sp³-hybridized carbons (Fsp3) is 0.625. The molecule has 0 radical (unpaired) electrons. The van der Waals surface area contributed by atoms with Crippen molar-refractivity contribution < 1.29 is 0 Å². The van der Waals surface area contributed by atoms with E-state index in [0.29, 0.717) is 0 Å². The van der Waals surface area contributed by atoms with Gasteiger partial charge >= 0.3 is 0 Å². The van der Waals surface area contributed by atoms with Gasteiger partial charge in [-0.3, -0.25) is 0 Å². The summed E-state index contributed by atoms with van der Waals surface area (Å²) in [5, 5.41) is 0. The molecule has 0 aliphatic carbocycles. The summed E-state index contributed by atoms with van der Waals surface area (Å²) in [5.74, 6) is 0. The highest BCUT2D eigenvalue weighted by Crippen LogP contribution is 2.06. The van der Waals surface area contributed by atoms with Gasteiger partial charge in [0.1, 0.15) is 0 Å². The van der Waals surface area contributed by atoms with Crippen molar-refractivity contribution in [1.82, 2.24) is 0 Å². The van der Waals surface area contributed by atoms with Crippen molar-refractivity contribution >= 4 is 0 Å². The van der Waals surface area contributed by atoms with Crippen molar-refractivity contribution in [3.8, 4) is 0 Å². The topological polar surface area (TPSA) is 0 Å². The van der Waals surface area contributed by atoms with Crippen molar-refractivity contribution in [3.63, 3.8) is 0 Å². The van der Waals surface area contributed by atoms with Gasteiger partial charge in [-0.2, -0.15) is 0 Å². The van der Waals surface area contributed by atoms with Gasteiger partial charge < -0.3 is 0 Å². The van der Waals surface area contributed by atoms with Gasteiger partial charge in [0.2, 0.25) is 0 Å². The van der Waals surface area contributed by atoms with Crippen LogP contribution in [0.1, 0.15) is 66.0 Å². The Bertz CT molecular complexity index is 201. The number of hydrogen-bond donors (Lipinski definition) is 0. The minimum absolute atomic E-state index is 1.15. The second-order valence-corrected chi connectivity index (χ2v) is 2.99. The van der Waals surface area contributed by atoms with Crippen LogP contribution in [-0.4, -0.2) is 0 Å². The summed E-state index contributed by atoms with van der Waals surface area (Å²) in [7, 11) is 0. The zero-order valence-electron chi connectivity index (χ0n) is 12.7. The molecular formula is C16H32. The van der Waals surface area contributed by atoms with E-state index >= 15 is 0 Å². The molecule has 96 valence electrons. The normalized spacial score (nSPS) is 7.25. The molecule has 0 aliphatic heterocycles. The molecule has 16 heavy (non-hydrogen) atoms. The Balaban J connectivity index is -0.000000206. The standard InChI is InChI=1S/C9H12.C3H8.2C2H6/c1-3-9-7-5-4-6-8(9)2;1-3-2;2*1-2/h4-7H,3H2,1-2H3;3H2,1-2H3;2*1-2H3. The van der Waals surface area contributed by atoms with Gasteiger partial charge in [0.25, 0.3) is 0 Å². The van der Waals surface area contributed by atoms with E-state index < -0.39 is 0 Å². The number of aryl methyl sites for hydroxylation is 2. The summed E-state index contributed by atoms with van der Waals surface area (Å²) in [4.78, 5) is 0. The lowest BCUT2D eigenvalue weighted by atomic mass is 10.1. The summed E-state index contributed by atoms with van der Waals surface area (Å²) in [6, 6.07) is 8.49. The number of hydrogen-bond acceptors (Lipinski definition) is 0. The lowest BCUT2D eigenvalue weighted by Gasteiger charge is -1.98. The quantitative estimate of drug-likeness (QED) is 0.546. The third-order valence-electron chi connectivity index (χ3n) is 1.64. The highest BCUT2D eigenvalue weighted by atomic mass is 13.9. The molecule has 1 aromatic rings. The number of benzene rings is 1. The van der Waals surface area contributed by atoms with Gasteiger partial charge in [0.05, 0.1) is 0 Å². The Kier molecular flexibility index (Phi) is 25.4. The van der Waals surface area contributed by atoms with Gasteiger partial charge in [-0.1, -0.05) is 79.2 Å². The van der Waals surface area contributed by atoms with E-state index in [2.05, 4.69) is 52.0 Å². The molecule has 0 heterocycles. The fourth-order valence-corrected chi connectivity index (χ4v) is 1.01. The second kappa shape index (κ2) is 19.7. The summed E-state index contributed by atoms with van der Waals surface area (Å²) in [5.41, 5.74) is 2.86. The molecule has 0 unspecified atom stereocenters. The average molecular weight is 224 g/mol. The van der Waals surface area contributed by atoms with Gasteiger partial charge in [0, 0.05) is 0 Å². The predicted molar refractivity (Wildman–Crippen MR) is 79.2 cm³/mol. The van der Waals surface area contributed by atoms with E-state index in [9.17, 15) is 0 Å². The van der Waals surface area contributed by atoms with E-state index in [0.717, 1.165) is 6.42 Å². The highest BCUT2D eigenvalue weighted by Gasteiger charge is 1.89. The molecule has 0 aromatic heterocycles. The lowest BCUT2D eigenvalue weighted by Crippen LogP contribution is -1.82. The molecule has 0 fully saturated rings. The number of rotatable bonds is 1. The highest BCUT2D eigenvalue weighted by molar-refractivity contribution is 5.24. The van der Waals surface area contributed by atoms with Crippen molar-refractivity contribution in [2.45, 2.75) is 68.2 Å². The Labute approximate surface area is 104 Å². The first kappa shape index (κ1) is 20.6. The van der Waals surface area contributed by atoms with Crippen LogP contribution in [0.5, 0.6) is 0 Å². The van der Waals surface area contributed by atoms with Crippen LogP contribution in [0.25, 0.3) is 0 Å². The van der Waals surface area contributed by atoms with Gasteiger partial charge in [-0.05, 0) is 24.5 Å². The Morgan fingerprint density at radius 3 is 1.44 bits per heavy atom. The summed E-state index contributed by atoms with van der Waals surface area (Å²) >= 11 is 0. The molecular weight excluding hydrogens is 192 g/mol. The molecule has 0 bridgehead atoms. The van der Waals surface area contributed by atoms with E-state index in [4.69, 9.17) is 0 Å². The molecule has 0 heteroatoms. The first-order valence-corrected chi connectivity index (χ1v) is 6.80. The van der Waals surface area contributed by atoms with Crippen molar-refractivity contribution in [3.05, 3.63) is 35.4 Å². The minimum Gasteiger partial charge on any atom is -0.0683 e. The van der Waals surface area contributed by atoms with Crippen LogP contribution in [0.4, 0.5) is 0 Å². The first-order valence-electron chi connectivity index (χ1n) is 6.80. The molecule has 0 nitrogen and oxygen atoms in total. The van der Waals surface area contributed by atoms with E-state index in [1.165, 1.54) is 17.5 Å². The molecule has 1 aromatic carbocycles. The zero-order chi connectivity index (χ0) is 13.4. The molecule has 0 N–H and O–H groups in total. The van der Waals surface area contributed by atoms with E-state index in [-0.39, 0.29) is 0 Å². The van der Waals surface area contributed by atoms with Crippen LogP contribution in [-0.2, 0) is 6.42 Å². The first-order chi connectivity index (χ1) is 7.76. The van der Waals surface area contributed by atoms with Gasteiger partial charge in [-0.25, -0.2) is 0 Å². The van der Waals surface area contributed by atoms with Crippen LogP contribution >= 0.6 is 0 Å². The van der Waals surface area contributed by atoms with Crippen molar-refractivity contribution in [2.75, 3.05) is 0 Å². The Morgan fingerprint density at radius 1 is 0.812 bits per heavy atom. The van der Waals surface area contributed by atoms with Crippen LogP contribution in [0.15, 0.2) is 24.3 Å². The molecule has 0 aliphatic rings. The molecule has 0 saturated heterocycles. The van der Waals surface area contributed by atoms with Crippen molar-refractivity contribution in [1.29, 1.82) is 0 Å². The third-order valence-corrected chi connectivity index (χ3v) is 1.64. The van der Waals surface area contributed by atoms with E-state index in [1.807, 2.05) is 27.7 Å². The molecule has 0 amide bonds.